The Balaban J connectivity index is 2.49. The van der Waals surface area contributed by atoms with Gasteiger partial charge in [-0.3, -0.25) is 0 Å². The van der Waals surface area contributed by atoms with Gasteiger partial charge in [0.25, 0.3) is 0 Å². The van der Waals surface area contributed by atoms with Gasteiger partial charge in [-0.25, -0.2) is 0 Å². The zero-order valence-corrected chi connectivity index (χ0v) is 10.2. The minimum absolute atomic E-state index is 0.0270. The summed E-state index contributed by atoms with van der Waals surface area (Å²) in [5, 5.41) is 0. The molecule has 9 heavy (non-hydrogen) atoms. The molecule has 1 heterocycles. The maximum Gasteiger partial charge on any atom is 0.185 e. The molecule has 6 heteroatoms. The fourth-order valence-corrected chi connectivity index (χ4v) is 10.7. The molecule has 0 spiro atoms. The van der Waals surface area contributed by atoms with Crippen LogP contribution in [0, 0.1) is 0 Å². The highest BCUT2D eigenvalue weighted by atomic mass is 28.4. The van der Waals surface area contributed by atoms with Crippen LogP contribution in [0.2, 0.25) is 13.1 Å². The second kappa shape index (κ2) is 2.64. The molecule has 0 amide bonds. The Hall–Kier alpha value is 0.531. The summed E-state index contributed by atoms with van der Waals surface area (Å²) >= 11 is 0. The average Bonchev–Trinajstić information content (AvgIpc) is 1.77. The largest absolute Gasteiger partial charge is 0.346 e. The molecule has 2 N–H and O–H groups in total. The summed E-state index contributed by atoms with van der Waals surface area (Å²) in [6, 6.07) is 0. The van der Waals surface area contributed by atoms with E-state index in [-0.39, 0.29) is 19.7 Å². The van der Waals surface area contributed by atoms with E-state index >= 15 is 0 Å². The fraction of sp³-hybridized carbons (Fsp3) is 1.00. The summed E-state index contributed by atoms with van der Waals surface area (Å²) in [5.41, 5.74) is 0. The van der Waals surface area contributed by atoms with Crippen LogP contribution in [0.25, 0.3) is 0 Å². The van der Waals surface area contributed by atoms with Crippen LogP contribution in [-0.4, -0.2) is 39.4 Å². The van der Waals surface area contributed by atoms with Gasteiger partial charge in [-0.05, 0) is 20.1 Å². The Kier molecular flexibility index (Phi) is 2.24. The SMILES string of the molecule is CN1[SiH2]N[SiH2]N[Si]1(C)C. The maximum absolute atomic E-state index is 3.64. The average molecular weight is 177 g/mol. The molecule has 0 radical (unpaired) electrons. The number of hydrogen-bond donors (Lipinski definition) is 2. The van der Waals surface area contributed by atoms with Gasteiger partial charge in [-0.1, -0.05) is 0 Å². The normalized spacial score (nSPS) is 33.7. The first-order chi connectivity index (χ1) is 4.13. The predicted molar refractivity (Wildman–Crippen MR) is 48.6 cm³/mol. The van der Waals surface area contributed by atoms with Gasteiger partial charge < -0.3 is 13.5 Å². The highest BCUT2D eigenvalue weighted by molar-refractivity contribution is 6.86. The van der Waals surface area contributed by atoms with Crippen molar-refractivity contribution in [3.63, 3.8) is 0 Å². The Morgan fingerprint density at radius 3 is 2.44 bits per heavy atom. The van der Waals surface area contributed by atoms with Crippen molar-refractivity contribution in [1.82, 2.24) is 13.5 Å². The topological polar surface area (TPSA) is 27.3 Å². The van der Waals surface area contributed by atoms with Gasteiger partial charge in [0, 0.05) is 0 Å². The van der Waals surface area contributed by atoms with E-state index in [0.717, 1.165) is 0 Å². The number of nitrogens with zero attached hydrogens (tertiary/aromatic N) is 1. The van der Waals surface area contributed by atoms with Gasteiger partial charge in [0.2, 0.25) is 0 Å². The Labute approximate surface area is 62.3 Å². The molecule has 1 aliphatic rings. The lowest BCUT2D eigenvalue weighted by Gasteiger charge is -2.38. The van der Waals surface area contributed by atoms with Crippen molar-refractivity contribution in [3.05, 3.63) is 0 Å². The minimum atomic E-state index is -1.05. The molecule has 1 rings (SSSR count). The van der Waals surface area contributed by atoms with Crippen molar-refractivity contribution in [2.24, 2.45) is 0 Å². The third-order valence-corrected chi connectivity index (χ3v) is 13.2. The highest BCUT2D eigenvalue weighted by Gasteiger charge is 2.28. The van der Waals surface area contributed by atoms with E-state index in [0.29, 0.717) is 0 Å². The Morgan fingerprint density at radius 2 is 2.11 bits per heavy atom. The number of nitrogens with one attached hydrogen (secondary N) is 2. The van der Waals surface area contributed by atoms with Crippen LogP contribution in [0.4, 0.5) is 0 Å². The quantitative estimate of drug-likeness (QED) is 0.412. The first-order valence-corrected chi connectivity index (χ1v) is 9.00. The van der Waals surface area contributed by atoms with Gasteiger partial charge in [-0.2, -0.15) is 0 Å². The molecule has 0 aromatic heterocycles. The monoisotopic (exact) mass is 177 g/mol. The predicted octanol–water partition coefficient (Wildman–Crippen LogP) is -2.19. The molecule has 54 valence electrons. The fourth-order valence-electron chi connectivity index (χ4n) is 0.835. The molecule has 0 saturated carbocycles. The third-order valence-electron chi connectivity index (χ3n) is 1.95. The van der Waals surface area contributed by atoms with E-state index in [1.165, 1.54) is 0 Å². The van der Waals surface area contributed by atoms with Crippen LogP contribution >= 0.6 is 0 Å². The van der Waals surface area contributed by atoms with Gasteiger partial charge in [0.1, 0.15) is 0 Å². The Bertz CT molecular complexity index is 106. The summed E-state index contributed by atoms with van der Waals surface area (Å²) < 4.78 is 9.70. The van der Waals surface area contributed by atoms with Crippen molar-refractivity contribution in [1.29, 1.82) is 0 Å². The summed E-state index contributed by atoms with van der Waals surface area (Å²) in [4.78, 5) is 0. The van der Waals surface area contributed by atoms with Crippen molar-refractivity contribution in [2.45, 2.75) is 13.1 Å². The molecular formula is C3H15N3Si3. The van der Waals surface area contributed by atoms with Gasteiger partial charge >= 0.3 is 0 Å². The third kappa shape index (κ3) is 1.72. The number of rotatable bonds is 0. The molecule has 0 aliphatic carbocycles. The van der Waals surface area contributed by atoms with Crippen molar-refractivity contribution in [2.75, 3.05) is 7.05 Å². The molecule has 0 aromatic carbocycles. The summed E-state index contributed by atoms with van der Waals surface area (Å²) in [7, 11) is 1.12. The van der Waals surface area contributed by atoms with Crippen LogP contribution in [0.3, 0.4) is 0 Å². The van der Waals surface area contributed by atoms with Crippen LogP contribution in [0.1, 0.15) is 0 Å². The second-order valence-electron chi connectivity index (χ2n) is 3.02. The molecule has 1 aliphatic heterocycles. The highest BCUT2D eigenvalue weighted by Crippen LogP contribution is 2.01. The van der Waals surface area contributed by atoms with Gasteiger partial charge in [0.05, 0.1) is 0 Å². The number of hydrogen-bond acceptors (Lipinski definition) is 3. The molecule has 0 atom stereocenters. The van der Waals surface area contributed by atoms with Crippen molar-refractivity contribution >= 4 is 28.1 Å². The lowest BCUT2D eigenvalue weighted by molar-refractivity contribution is 0.756. The smallest absolute Gasteiger partial charge is 0.185 e. The van der Waals surface area contributed by atoms with Crippen LogP contribution < -0.4 is 9.30 Å². The van der Waals surface area contributed by atoms with E-state index in [1.807, 2.05) is 0 Å². The molecule has 0 unspecified atom stereocenters. The zero-order valence-electron chi connectivity index (χ0n) is 6.36. The minimum Gasteiger partial charge on any atom is -0.346 e. The first kappa shape index (κ1) is 7.64. The lowest BCUT2D eigenvalue weighted by atomic mass is 11.6. The van der Waals surface area contributed by atoms with E-state index in [1.54, 1.807) is 0 Å². The standard InChI is InChI=1S/C3H15N3Si3/c1-6-8-4-7-5-9(6,2)3/h4-5H,7-8H2,1-3H3. The van der Waals surface area contributed by atoms with E-state index in [9.17, 15) is 0 Å². The van der Waals surface area contributed by atoms with Crippen molar-refractivity contribution < 1.29 is 0 Å². The van der Waals surface area contributed by atoms with Crippen LogP contribution in [0.15, 0.2) is 0 Å². The zero-order chi connectivity index (χ0) is 6.91. The van der Waals surface area contributed by atoms with E-state index < -0.39 is 8.40 Å². The van der Waals surface area contributed by atoms with Crippen LogP contribution in [-0.2, 0) is 0 Å². The lowest BCUT2D eigenvalue weighted by Crippen LogP contribution is -2.70. The maximum atomic E-state index is 3.64. The van der Waals surface area contributed by atoms with Crippen LogP contribution in [0.5, 0.6) is 0 Å². The molecular weight excluding hydrogens is 162 g/mol. The molecule has 0 aromatic rings. The molecule has 1 saturated heterocycles. The summed E-state index contributed by atoms with van der Waals surface area (Å²) in [6.45, 7) is 4.77. The molecule has 1 fully saturated rings. The van der Waals surface area contributed by atoms with Gasteiger partial charge in [-0.15, -0.1) is 0 Å². The molecule has 3 nitrogen and oxygen atoms in total. The first-order valence-electron chi connectivity index (χ1n) is 3.30. The van der Waals surface area contributed by atoms with E-state index in [2.05, 4.69) is 33.7 Å². The Morgan fingerprint density at radius 1 is 1.44 bits per heavy atom. The molecule has 0 bridgehead atoms. The van der Waals surface area contributed by atoms with Gasteiger partial charge in [0.15, 0.2) is 28.1 Å². The van der Waals surface area contributed by atoms with E-state index in [4.69, 9.17) is 0 Å². The summed E-state index contributed by atoms with van der Waals surface area (Å²) in [5.74, 6) is 0. The summed E-state index contributed by atoms with van der Waals surface area (Å²) in [6.07, 6.45) is 0. The van der Waals surface area contributed by atoms with Crippen molar-refractivity contribution in [3.8, 4) is 0 Å². The second-order valence-corrected chi connectivity index (χ2v) is 12.6.